The maximum Gasteiger partial charge on any atom is 0.311 e. The fraction of sp³-hybridized carbons (Fsp3) is 0.429. The molecule has 1 fully saturated rings. The summed E-state index contributed by atoms with van der Waals surface area (Å²) in [7, 11) is 0. The highest BCUT2D eigenvalue weighted by Crippen LogP contribution is 2.32. The zero-order valence-corrected chi connectivity index (χ0v) is 13.7. The van der Waals surface area contributed by atoms with Crippen LogP contribution in [0.15, 0.2) is 30.9 Å². The molecule has 1 heterocycles. The summed E-state index contributed by atoms with van der Waals surface area (Å²) in [5.41, 5.74) is 0.600. The van der Waals surface area contributed by atoms with Crippen LogP contribution in [0.4, 0.5) is 5.69 Å². The van der Waals surface area contributed by atoms with Crippen LogP contribution in [0.25, 0.3) is 0 Å². The van der Waals surface area contributed by atoms with Gasteiger partial charge in [0.2, 0.25) is 0 Å². The molecule has 8 heteroatoms. The molecule has 2 rings (SSSR count). The minimum absolute atomic E-state index is 0. The monoisotopic (exact) mass is 349 g/mol. The van der Waals surface area contributed by atoms with E-state index in [0.29, 0.717) is 0 Å². The first-order valence-electron chi connectivity index (χ1n) is 6.66. The predicted octanol–water partition coefficient (Wildman–Crippen LogP) is 2.67. The molecule has 1 aliphatic rings. The highest BCUT2D eigenvalue weighted by molar-refractivity contribution is 5.85. The van der Waals surface area contributed by atoms with Gasteiger partial charge in [0.05, 0.1) is 4.92 Å². The highest BCUT2D eigenvalue weighted by Gasteiger charge is 2.24. The molecule has 0 bridgehead atoms. The lowest BCUT2D eigenvalue weighted by molar-refractivity contribution is -0.386. The number of nitrogens with one attached hydrogen (secondary N) is 1. The van der Waals surface area contributed by atoms with Crippen LogP contribution in [0.1, 0.15) is 18.0 Å². The van der Waals surface area contributed by atoms with Gasteiger partial charge < -0.3 is 10.4 Å². The van der Waals surface area contributed by atoms with E-state index in [-0.39, 0.29) is 42.3 Å². The van der Waals surface area contributed by atoms with Crippen molar-refractivity contribution in [1.29, 1.82) is 0 Å². The van der Waals surface area contributed by atoms with Gasteiger partial charge in [0, 0.05) is 38.3 Å². The van der Waals surface area contributed by atoms with Gasteiger partial charge in [0.25, 0.3) is 0 Å². The van der Waals surface area contributed by atoms with E-state index in [1.807, 2.05) is 6.08 Å². The largest absolute Gasteiger partial charge is 0.502 e. The normalized spacial score (nSPS) is 16.0. The van der Waals surface area contributed by atoms with Crippen LogP contribution in [-0.4, -0.2) is 41.1 Å². The Balaban J connectivity index is 0.00000220. The maximum atomic E-state index is 10.9. The zero-order valence-electron chi connectivity index (χ0n) is 12.1. The number of benzene rings is 1. The van der Waals surface area contributed by atoms with Gasteiger partial charge in [-0.1, -0.05) is 12.1 Å². The summed E-state index contributed by atoms with van der Waals surface area (Å²) in [5, 5.41) is 23.8. The highest BCUT2D eigenvalue weighted by atomic mass is 35.5. The molecule has 1 saturated heterocycles. The van der Waals surface area contributed by atoms with Crippen LogP contribution in [0, 0.1) is 10.1 Å². The standard InChI is InChI=1S/C14H19N3O3.2ClH/c1-2-3-12(16-8-6-15-7-9-16)11-4-5-14(18)13(10-11)17(19)20;;/h2,4-5,10,12,15,18H,1,3,6-9H2;2*1H/t12-;;/m1../s1. The molecule has 6 nitrogen and oxygen atoms in total. The van der Waals surface area contributed by atoms with Gasteiger partial charge in [-0.25, -0.2) is 0 Å². The van der Waals surface area contributed by atoms with E-state index in [4.69, 9.17) is 0 Å². The van der Waals surface area contributed by atoms with E-state index in [0.717, 1.165) is 38.2 Å². The van der Waals surface area contributed by atoms with Crippen LogP contribution in [0.2, 0.25) is 0 Å². The average Bonchev–Trinajstić information content (AvgIpc) is 2.46. The minimum Gasteiger partial charge on any atom is -0.502 e. The number of hydrogen-bond donors (Lipinski definition) is 2. The van der Waals surface area contributed by atoms with Gasteiger partial charge in [-0.15, -0.1) is 31.4 Å². The second-order valence-electron chi connectivity index (χ2n) is 4.83. The number of nitrogens with zero attached hydrogens (tertiary/aromatic N) is 2. The molecule has 0 aliphatic carbocycles. The van der Waals surface area contributed by atoms with Crippen molar-refractivity contribution in [3.63, 3.8) is 0 Å². The van der Waals surface area contributed by atoms with Crippen LogP contribution < -0.4 is 5.32 Å². The van der Waals surface area contributed by atoms with Crippen molar-refractivity contribution in [1.82, 2.24) is 10.2 Å². The molecule has 2 N–H and O–H groups in total. The lowest BCUT2D eigenvalue weighted by Gasteiger charge is -2.34. The average molecular weight is 350 g/mol. The van der Waals surface area contributed by atoms with Crippen LogP contribution in [0.3, 0.4) is 0 Å². The zero-order chi connectivity index (χ0) is 14.5. The minimum atomic E-state index is -0.554. The molecule has 0 radical (unpaired) electrons. The van der Waals surface area contributed by atoms with E-state index in [1.165, 1.54) is 12.1 Å². The van der Waals surface area contributed by atoms with Crippen molar-refractivity contribution < 1.29 is 10.0 Å². The van der Waals surface area contributed by atoms with Gasteiger partial charge in [0.1, 0.15) is 0 Å². The van der Waals surface area contributed by atoms with Crippen molar-refractivity contribution in [2.24, 2.45) is 0 Å². The molecule has 1 aromatic carbocycles. The predicted molar refractivity (Wildman–Crippen MR) is 91.3 cm³/mol. The summed E-state index contributed by atoms with van der Waals surface area (Å²) in [6.45, 7) is 7.38. The summed E-state index contributed by atoms with van der Waals surface area (Å²) in [4.78, 5) is 12.7. The lowest BCUT2D eigenvalue weighted by Crippen LogP contribution is -2.45. The Labute approximate surface area is 142 Å². The Morgan fingerprint density at radius 2 is 2.05 bits per heavy atom. The number of phenols is 1. The molecule has 1 aliphatic heterocycles. The molecular formula is C14H21Cl2N3O3. The SMILES string of the molecule is C=CC[C@H](c1ccc(O)c([N+](=O)[O-])c1)N1CCNCC1.Cl.Cl. The second-order valence-corrected chi connectivity index (χ2v) is 4.83. The Morgan fingerprint density at radius 1 is 1.41 bits per heavy atom. The molecular weight excluding hydrogens is 329 g/mol. The van der Waals surface area contributed by atoms with Gasteiger partial charge in [-0.3, -0.25) is 15.0 Å². The number of aromatic hydroxyl groups is 1. The first kappa shape index (κ1) is 20.7. The van der Waals surface area contributed by atoms with Crippen molar-refractivity contribution in [2.45, 2.75) is 12.5 Å². The van der Waals surface area contributed by atoms with Crippen molar-refractivity contribution in [3.8, 4) is 5.75 Å². The summed E-state index contributed by atoms with van der Waals surface area (Å²) in [5.74, 6) is -0.295. The van der Waals surface area contributed by atoms with E-state index >= 15 is 0 Å². The molecule has 0 amide bonds. The second kappa shape index (κ2) is 9.63. The summed E-state index contributed by atoms with van der Waals surface area (Å²) >= 11 is 0. The van der Waals surface area contributed by atoms with E-state index in [9.17, 15) is 15.2 Å². The number of hydrogen-bond acceptors (Lipinski definition) is 5. The van der Waals surface area contributed by atoms with Gasteiger partial charge >= 0.3 is 5.69 Å². The molecule has 1 aromatic rings. The molecule has 0 saturated carbocycles. The fourth-order valence-electron chi connectivity index (χ4n) is 2.54. The van der Waals surface area contributed by atoms with Crippen LogP contribution in [-0.2, 0) is 0 Å². The summed E-state index contributed by atoms with van der Waals surface area (Å²) in [6.07, 6.45) is 2.55. The van der Waals surface area contributed by atoms with Crippen LogP contribution in [0.5, 0.6) is 5.75 Å². The molecule has 1 atom stereocenters. The van der Waals surface area contributed by atoms with Crippen molar-refractivity contribution >= 4 is 30.5 Å². The van der Waals surface area contributed by atoms with E-state index in [2.05, 4.69) is 16.8 Å². The third kappa shape index (κ3) is 4.84. The molecule has 0 aromatic heterocycles. The number of nitro groups is 1. The Morgan fingerprint density at radius 3 is 2.59 bits per heavy atom. The quantitative estimate of drug-likeness (QED) is 0.485. The van der Waals surface area contributed by atoms with Gasteiger partial charge in [0.15, 0.2) is 5.75 Å². The smallest absolute Gasteiger partial charge is 0.311 e. The van der Waals surface area contributed by atoms with Crippen molar-refractivity contribution in [2.75, 3.05) is 26.2 Å². The Kier molecular flexibility index (Phi) is 9.04. The van der Waals surface area contributed by atoms with E-state index < -0.39 is 4.92 Å². The first-order valence-corrected chi connectivity index (χ1v) is 6.66. The lowest BCUT2D eigenvalue weighted by atomic mass is 10.00. The number of nitro benzene ring substituents is 1. The Bertz CT molecular complexity index is 508. The third-order valence-electron chi connectivity index (χ3n) is 3.56. The van der Waals surface area contributed by atoms with Gasteiger partial charge in [-0.2, -0.15) is 0 Å². The Hall–Kier alpha value is -1.34. The number of rotatable bonds is 5. The van der Waals surface area contributed by atoms with Gasteiger partial charge in [-0.05, 0) is 18.1 Å². The number of piperazine rings is 1. The summed E-state index contributed by atoms with van der Waals surface area (Å²) in [6, 6.07) is 4.67. The molecule has 124 valence electrons. The van der Waals surface area contributed by atoms with E-state index in [1.54, 1.807) is 6.07 Å². The topological polar surface area (TPSA) is 78.6 Å². The van der Waals surface area contributed by atoms with Crippen LogP contribution >= 0.6 is 24.8 Å². The fourth-order valence-corrected chi connectivity index (χ4v) is 2.54. The first-order chi connectivity index (χ1) is 9.63. The molecule has 0 unspecified atom stereocenters. The van der Waals surface area contributed by atoms with Crippen molar-refractivity contribution in [3.05, 3.63) is 46.5 Å². The maximum absolute atomic E-state index is 10.9. The molecule has 0 spiro atoms. The third-order valence-corrected chi connectivity index (χ3v) is 3.56. The molecule has 22 heavy (non-hydrogen) atoms. The summed E-state index contributed by atoms with van der Waals surface area (Å²) < 4.78 is 0. The number of phenolic OH excluding ortho intramolecular Hbond substituents is 1. The number of halogens is 2.